The van der Waals surface area contributed by atoms with Crippen molar-refractivity contribution in [2.24, 2.45) is 0 Å². The minimum Gasteiger partial charge on any atom is -0.507 e. The number of benzene rings is 2. The molecule has 0 spiro atoms. The van der Waals surface area contributed by atoms with Gasteiger partial charge in [-0.3, -0.25) is 0 Å². The second kappa shape index (κ2) is 7.57. The second-order valence-electron chi connectivity index (χ2n) is 4.70. The van der Waals surface area contributed by atoms with Crippen molar-refractivity contribution in [1.29, 1.82) is 0 Å². The number of nitrogens with one attached hydrogen (secondary N) is 1. The molecule has 0 aliphatic carbocycles. The van der Waals surface area contributed by atoms with E-state index in [4.69, 9.17) is 16.3 Å². The highest BCUT2D eigenvalue weighted by molar-refractivity contribution is 9.10. The number of carbonyl (C=O) groups is 1. The lowest BCUT2D eigenvalue weighted by molar-refractivity contribution is 0.0523. The van der Waals surface area contributed by atoms with Crippen LogP contribution < -0.4 is 5.32 Å². The van der Waals surface area contributed by atoms with E-state index in [0.717, 1.165) is 4.47 Å². The number of hydrogen-bond donors (Lipinski definition) is 3. The van der Waals surface area contributed by atoms with Gasteiger partial charge in [0.15, 0.2) is 0 Å². The summed E-state index contributed by atoms with van der Waals surface area (Å²) in [5, 5.41) is 23.1. The lowest BCUT2D eigenvalue weighted by Crippen LogP contribution is -2.06. The molecule has 0 fully saturated rings. The fourth-order valence-electron chi connectivity index (χ4n) is 1.97. The predicted molar refractivity (Wildman–Crippen MR) is 92.2 cm³/mol. The maximum absolute atomic E-state index is 11.6. The number of phenolic OH excluding ortho intramolecular Hbond substituents is 2. The van der Waals surface area contributed by atoms with Gasteiger partial charge in [0.05, 0.1) is 11.6 Å². The van der Waals surface area contributed by atoms with Crippen LogP contribution in [0.15, 0.2) is 34.8 Å². The molecule has 0 radical (unpaired) electrons. The van der Waals surface area contributed by atoms with Crippen molar-refractivity contribution in [3.05, 3.63) is 51.0 Å². The number of carbonyl (C=O) groups excluding carboxylic acids is 1. The van der Waals surface area contributed by atoms with Gasteiger partial charge in [-0.05, 0) is 31.2 Å². The zero-order valence-corrected chi connectivity index (χ0v) is 14.6. The first-order valence-corrected chi connectivity index (χ1v) is 8.00. The van der Waals surface area contributed by atoms with Crippen LogP contribution in [-0.4, -0.2) is 22.8 Å². The molecule has 0 aliphatic rings. The molecule has 2 rings (SSSR count). The number of hydrogen-bond acceptors (Lipinski definition) is 5. The van der Waals surface area contributed by atoms with Gasteiger partial charge in [0.25, 0.3) is 0 Å². The molecule has 0 amide bonds. The van der Waals surface area contributed by atoms with E-state index < -0.39 is 5.97 Å². The van der Waals surface area contributed by atoms with Crippen molar-refractivity contribution in [2.45, 2.75) is 13.5 Å². The lowest BCUT2D eigenvalue weighted by atomic mass is 10.1. The van der Waals surface area contributed by atoms with Crippen molar-refractivity contribution < 1.29 is 19.7 Å². The van der Waals surface area contributed by atoms with Crippen molar-refractivity contribution in [2.75, 3.05) is 11.9 Å². The summed E-state index contributed by atoms with van der Waals surface area (Å²) in [4.78, 5) is 11.6. The van der Waals surface area contributed by atoms with Crippen molar-refractivity contribution >= 4 is 39.2 Å². The van der Waals surface area contributed by atoms with Crippen molar-refractivity contribution in [3.63, 3.8) is 0 Å². The van der Waals surface area contributed by atoms with E-state index in [9.17, 15) is 15.0 Å². The zero-order valence-electron chi connectivity index (χ0n) is 12.3. The van der Waals surface area contributed by atoms with E-state index in [-0.39, 0.29) is 28.7 Å². The number of halogens is 2. The smallest absolute Gasteiger partial charge is 0.341 e. The highest BCUT2D eigenvalue weighted by Gasteiger charge is 2.13. The molecule has 122 valence electrons. The van der Waals surface area contributed by atoms with Gasteiger partial charge in [0, 0.05) is 28.3 Å². The average Bonchev–Trinajstić information content (AvgIpc) is 2.49. The Morgan fingerprint density at radius 1 is 1.30 bits per heavy atom. The van der Waals surface area contributed by atoms with Crippen LogP contribution in [0.25, 0.3) is 0 Å². The Balaban J connectivity index is 2.13. The minimum atomic E-state index is -0.576. The number of rotatable bonds is 5. The molecule has 0 heterocycles. The molecule has 5 nitrogen and oxygen atoms in total. The van der Waals surface area contributed by atoms with E-state index in [2.05, 4.69) is 21.2 Å². The number of esters is 1. The Hall–Kier alpha value is -1.92. The first kappa shape index (κ1) is 17.4. The molecular formula is C16H15BrClNO4. The van der Waals surface area contributed by atoms with Crippen LogP contribution in [-0.2, 0) is 11.3 Å². The lowest BCUT2D eigenvalue weighted by Gasteiger charge is -2.11. The van der Waals surface area contributed by atoms with Crippen LogP contribution in [0.3, 0.4) is 0 Å². The molecule has 0 aromatic heterocycles. The van der Waals surface area contributed by atoms with Gasteiger partial charge >= 0.3 is 5.97 Å². The predicted octanol–water partition coefficient (Wildman–Crippen LogP) is 4.30. The number of phenols is 2. The molecule has 0 saturated heterocycles. The van der Waals surface area contributed by atoms with Gasteiger partial charge in [-0.25, -0.2) is 4.79 Å². The molecule has 23 heavy (non-hydrogen) atoms. The van der Waals surface area contributed by atoms with Gasteiger partial charge in [-0.2, -0.15) is 0 Å². The zero-order chi connectivity index (χ0) is 17.0. The highest BCUT2D eigenvalue weighted by Crippen LogP contribution is 2.32. The minimum absolute atomic E-state index is 0.00488. The van der Waals surface area contributed by atoms with Crippen LogP contribution in [0.1, 0.15) is 22.8 Å². The molecule has 0 bridgehead atoms. The first-order valence-electron chi connectivity index (χ1n) is 6.83. The second-order valence-corrected chi connectivity index (χ2v) is 6.02. The molecule has 0 saturated carbocycles. The summed E-state index contributed by atoms with van der Waals surface area (Å²) in [7, 11) is 0. The van der Waals surface area contributed by atoms with Crippen LogP contribution in [0, 0.1) is 0 Å². The largest absolute Gasteiger partial charge is 0.507 e. The summed E-state index contributed by atoms with van der Waals surface area (Å²) in [5.41, 5.74) is 1.29. The number of aromatic hydroxyl groups is 2. The first-order chi connectivity index (χ1) is 10.9. The van der Waals surface area contributed by atoms with Crippen LogP contribution in [0.5, 0.6) is 11.5 Å². The molecule has 0 atom stereocenters. The maximum Gasteiger partial charge on any atom is 0.341 e. The van der Waals surface area contributed by atoms with E-state index in [1.165, 1.54) is 12.1 Å². The summed E-state index contributed by atoms with van der Waals surface area (Å²) in [5.74, 6) is -0.757. The van der Waals surface area contributed by atoms with E-state index in [0.29, 0.717) is 17.8 Å². The Kier molecular flexibility index (Phi) is 5.74. The van der Waals surface area contributed by atoms with Crippen LogP contribution in [0.2, 0.25) is 5.02 Å². The van der Waals surface area contributed by atoms with Crippen molar-refractivity contribution in [3.8, 4) is 11.5 Å². The van der Waals surface area contributed by atoms with E-state index in [1.54, 1.807) is 25.1 Å². The van der Waals surface area contributed by atoms with Gasteiger partial charge < -0.3 is 20.3 Å². The van der Waals surface area contributed by atoms with Gasteiger partial charge in [-0.1, -0.05) is 27.5 Å². The monoisotopic (exact) mass is 399 g/mol. The third-order valence-corrected chi connectivity index (χ3v) is 3.83. The van der Waals surface area contributed by atoms with E-state index >= 15 is 0 Å². The topological polar surface area (TPSA) is 78.8 Å². The summed E-state index contributed by atoms with van der Waals surface area (Å²) in [6.07, 6.45) is 0. The Bertz CT molecular complexity index is 736. The van der Waals surface area contributed by atoms with Crippen molar-refractivity contribution in [1.82, 2.24) is 0 Å². The molecule has 7 heteroatoms. The summed E-state index contributed by atoms with van der Waals surface area (Å²) >= 11 is 9.22. The summed E-state index contributed by atoms with van der Waals surface area (Å²) in [6.45, 7) is 2.23. The molecule has 3 N–H and O–H groups in total. The number of ether oxygens (including phenoxy) is 1. The molecule has 2 aromatic rings. The standard InChI is InChI=1S/C16H15BrClNO4/c1-2-23-16(22)12-4-3-11(7-14(12)20)19-8-9-5-10(17)6-13(18)15(9)21/h3-7,19-21H,2,8H2,1H3. The molecule has 0 aliphatic heterocycles. The fraction of sp³-hybridized carbons (Fsp3) is 0.188. The Labute approximate surface area is 147 Å². The Morgan fingerprint density at radius 3 is 2.70 bits per heavy atom. The Morgan fingerprint density at radius 2 is 2.04 bits per heavy atom. The van der Waals surface area contributed by atoms with Crippen LogP contribution >= 0.6 is 27.5 Å². The SMILES string of the molecule is CCOC(=O)c1ccc(NCc2cc(Br)cc(Cl)c2O)cc1O. The molecule has 0 unspecified atom stereocenters. The summed E-state index contributed by atoms with van der Waals surface area (Å²) < 4.78 is 5.60. The van der Waals surface area contributed by atoms with Gasteiger partial charge in [-0.15, -0.1) is 0 Å². The van der Waals surface area contributed by atoms with Gasteiger partial charge in [0.1, 0.15) is 17.1 Å². The average molecular weight is 401 g/mol. The third kappa shape index (κ3) is 4.30. The molecular weight excluding hydrogens is 386 g/mol. The van der Waals surface area contributed by atoms with E-state index in [1.807, 2.05) is 0 Å². The van der Waals surface area contributed by atoms with Crippen LogP contribution in [0.4, 0.5) is 5.69 Å². The number of anilines is 1. The third-order valence-electron chi connectivity index (χ3n) is 3.08. The van der Waals surface area contributed by atoms with Gasteiger partial charge in [0.2, 0.25) is 0 Å². The molecule has 2 aromatic carbocycles. The fourth-order valence-corrected chi connectivity index (χ4v) is 2.85. The quantitative estimate of drug-likeness (QED) is 0.652. The highest BCUT2D eigenvalue weighted by atomic mass is 79.9. The normalized spacial score (nSPS) is 10.4. The summed E-state index contributed by atoms with van der Waals surface area (Å²) in [6, 6.07) is 7.87. The maximum atomic E-state index is 11.6.